The van der Waals surface area contributed by atoms with Crippen molar-refractivity contribution in [3.63, 3.8) is 0 Å². The Labute approximate surface area is 188 Å². The van der Waals surface area contributed by atoms with Crippen molar-refractivity contribution in [3.8, 4) is 0 Å². The molecule has 2 fully saturated rings. The molecule has 0 spiro atoms. The molecule has 0 radical (unpaired) electrons. The summed E-state index contributed by atoms with van der Waals surface area (Å²) in [4.78, 5) is 35.2. The Hall–Kier alpha value is -1.99. The van der Waals surface area contributed by atoms with E-state index < -0.39 is 5.60 Å². The van der Waals surface area contributed by atoms with Gasteiger partial charge >= 0.3 is 6.09 Å². The van der Waals surface area contributed by atoms with Crippen molar-refractivity contribution < 1.29 is 14.3 Å². The Morgan fingerprint density at radius 3 is 2.23 bits per heavy atom. The van der Waals surface area contributed by atoms with E-state index in [2.05, 4.69) is 29.1 Å². The topological polar surface area (TPSA) is 77.5 Å². The summed E-state index contributed by atoms with van der Waals surface area (Å²) in [5.41, 5.74) is -0.487. The van der Waals surface area contributed by atoms with Crippen molar-refractivity contribution in [2.24, 2.45) is 16.8 Å². The van der Waals surface area contributed by atoms with E-state index in [4.69, 9.17) is 4.74 Å². The fourth-order valence-electron chi connectivity index (χ4n) is 3.51. The van der Waals surface area contributed by atoms with E-state index in [1.807, 2.05) is 25.7 Å². The SMILES string of the molecule is CC(C)CNC(=NCC(=O)N(C)C)N1CCC(N(CC2CC2)C(=O)OC(C)(C)C)CC1. The molecule has 1 N–H and O–H groups in total. The number of aliphatic imine (C=N–C) groups is 1. The third kappa shape index (κ3) is 8.95. The van der Waals surface area contributed by atoms with Gasteiger partial charge in [-0.15, -0.1) is 0 Å². The van der Waals surface area contributed by atoms with Gasteiger partial charge in [-0.3, -0.25) is 4.79 Å². The van der Waals surface area contributed by atoms with Gasteiger partial charge in [-0.05, 0) is 58.3 Å². The Balaban J connectivity index is 2.01. The number of hydrogen-bond acceptors (Lipinski definition) is 4. The molecule has 1 heterocycles. The molecular weight excluding hydrogens is 394 g/mol. The molecule has 31 heavy (non-hydrogen) atoms. The number of likely N-dealkylation sites (tertiary alicyclic amines) is 1. The average Bonchev–Trinajstić information content (AvgIpc) is 3.48. The second kappa shape index (κ2) is 11.0. The third-order valence-electron chi connectivity index (χ3n) is 5.52. The lowest BCUT2D eigenvalue weighted by atomic mass is 10.0. The highest BCUT2D eigenvalue weighted by Crippen LogP contribution is 2.32. The standard InChI is InChI=1S/C23H43N5O3/c1-17(2)14-24-21(25-15-20(29)26(6)7)27-12-10-19(11-13-27)28(16-18-8-9-18)22(30)31-23(3,4)5/h17-19H,8-16H2,1-7H3,(H,24,25). The molecule has 178 valence electrons. The zero-order chi connectivity index (χ0) is 23.2. The third-order valence-corrected chi connectivity index (χ3v) is 5.52. The molecule has 8 heteroatoms. The van der Waals surface area contributed by atoms with Gasteiger partial charge in [-0.2, -0.15) is 0 Å². The lowest BCUT2D eigenvalue weighted by Gasteiger charge is -2.40. The predicted molar refractivity (Wildman–Crippen MR) is 124 cm³/mol. The van der Waals surface area contributed by atoms with Crippen LogP contribution in [0, 0.1) is 11.8 Å². The van der Waals surface area contributed by atoms with Crippen molar-refractivity contribution in [2.75, 3.05) is 46.8 Å². The summed E-state index contributed by atoms with van der Waals surface area (Å²) in [5.74, 6) is 1.87. The normalized spacial score (nSPS) is 18.2. The second-order valence-electron chi connectivity index (χ2n) is 10.5. The van der Waals surface area contributed by atoms with Crippen molar-refractivity contribution in [2.45, 2.75) is 71.9 Å². The quantitative estimate of drug-likeness (QED) is 0.490. The van der Waals surface area contributed by atoms with Gasteiger partial charge in [0, 0.05) is 46.3 Å². The number of guanidine groups is 1. The molecule has 0 atom stereocenters. The van der Waals surface area contributed by atoms with E-state index in [-0.39, 0.29) is 24.6 Å². The van der Waals surface area contributed by atoms with Crippen LogP contribution in [0.4, 0.5) is 4.79 Å². The number of nitrogens with one attached hydrogen (secondary N) is 1. The molecule has 2 aliphatic rings. The molecule has 0 aromatic heterocycles. The zero-order valence-electron chi connectivity index (χ0n) is 20.6. The van der Waals surface area contributed by atoms with E-state index in [1.54, 1.807) is 19.0 Å². The van der Waals surface area contributed by atoms with E-state index in [1.165, 1.54) is 12.8 Å². The Morgan fingerprint density at radius 2 is 1.74 bits per heavy atom. The average molecular weight is 438 g/mol. The smallest absolute Gasteiger partial charge is 0.410 e. The molecule has 0 bridgehead atoms. The Morgan fingerprint density at radius 1 is 1.13 bits per heavy atom. The van der Waals surface area contributed by atoms with Crippen LogP contribution in [-0.2, 0) is 9.53 Å². The molecule has 1 saturated heterocycles. The summed E-state index contributed by atoms with van der Waals surface area (Å²) in [6.07, 6.45) is 3.95. The number of ether oxygens (including phenoxy) is 1. The molecule has 1 aliphatic heterocycles. The highest BCUT2D eigenvalue weighted by Gasteiger charge is 2.35. The molecule has 0 aromatic rings. The minimum absolute atomic E-state index is 0.0146. The number of amides is 2. The lowest BCUT2D eigenvalue weighted by molar-refractivity contribution is -0.127. The summed E-state index contributed by atoms with van der Waals surface area (Å²) in [6, 6.07) is 0.182. The number of hydrogen-bond donors (Lipinski definition) is 1. The van der Waals surface area contributed by atoms with Crippen LogP contribution in [0.25, 0.3) is 0 Å². The van der Waals surface area contributed by atoms with Crippen LogP contribution < -0.4 is 5.32 Å². The van der Waals surface area contributed by atoms with Crippen molar-refractivity contribution in [1.82, 2.24) is 20.0 Å². The van der Waals surface area contributed by atoms with Crippen LogP contribution in [0.1, 0.15) is 60.3 Å². The molecule has 2 amide bonds. The second-order valence-corrected chi connectivity index (χ2v) is 10.5. The van der Waals surface area contributed by atoms with Crippen LogP contribution in [0.2, 0.25) is 0 Å². The van der Waals surface area contributed by atoms with E-state index in [0.29, 0.717) is 11.8 Å². The van der Waals surface area contributed by atoms with Gasteiger partial charge < -0.3 is 24.8 Å². The first-order valence-electron chi connectivity index (χ1n) is 11.7. The predicted octanol–water partition coefficient (Wildman–Crippen LogP) is 2.79. The van der Waals surface area contributed by atoms with Gasteiger partial charge in [0.2, 0.25) is 5.91 Å². The van der Waals surface area contributed by atoms with E-state index >= 15 is 0 Å². The number of rotatable bonds is 7. The molecule has 1 aliphatic carbocycles. The maximum absolute atomic E-state index is 12.9. The van der Waals surface area contributed by atoms with Gasteiger partial charge in [0.05, 0.1) is 0 Å². The maximum atomic E-state index is 12.9. The first kappa shape index (κ1) is 25.3. The summed E-state index contributed by atoms with van der Waals surface area (Å²) >= 11 is 0. The summed E-state index contributed by atoms with van der Waals surface area (Å²) < 4.78 is 5.70. The molecule has 2 rings (SSSR count). The van der Waals surface area contributed by atoms with Gasteiger partial charge in [0.15, 0.2) is 5.96 Å². The summed E-state index contributed by atoms with van der Waals surface area (Å²) in [5, 5.41) is 3.42. The van der Waals surface area contributed by atoms with Gasteiger partial charge in [0.25, 0.3) is 0 Å². The maximum Gasteiger partial charge on any atom is 0.410 e. The highest BCUT2D eigenvalue weighted by atomic mass is 16.6. The minimum atomic E-state index is -0.487. The molecule has 8 nitrogen and oxygen atoms in total. The van der Waals surface area contributed by atoms with Crippen molar-refractivity contribution in [3.05, 3.63) is 0 Å². The molecule has 0 unspecified atom stereocenters. The number of carbonyl (C=O) groups excluding carboxylic acids is 2. The number of carbonyl (C=O) groups is 2. The Kier molecular flexibility index (Phi) is 9.01. The highest BCUT2D eigenvalue weighted by molar-refractivity contribution is 5.85. The lowest BCUT2D eigenvalue weighted by Crippen LogP contribution is -2.53. The Bertz CT molecular complexity index is 630. The summed E-state index contributed by atoms with van der Waals surface area (Å²) in [6.45, 7) is 13.4. The van der Waals surface area contributed by atoms with Gasteiger partial charge in [-0.1, -0.05) is 13.8 Å². The van der Waals surface area contributed by atoms with E-state index in [9.17, 15) is 9.59 Å². The van der Waals surface area contributed by atoms with Crippen LogP contribution in [0.3, 0.4) is 0 Å². The first-order chi connectivity index (χ1) is 14.5. The van der Waals surface area contributed by atoms with Crippen molar-refractivity contribution >= 4 is 18.0 Å². The number of piperidine rings is 1. The fourth-order valence-corrected chi connectivity index (χ4v) is 3.51. The van der Waals surface area contributed by atoms with Gasteiger partial charge in [-0.25, -0.2) is 9.79 Å². The number of nitrogens with zero attached hydrogens (tertiary/aromatic N) is 4. The summed E-state index contributed by atoms with van der Waals surface area (Å²) in [7, 11) is 3.49. The monoisotopic (exact) mass is 437 g/mol. The number of likely N-dealkylation sites (N-methyl/N-ethyl adjacent to an activating group) is 1. The first-order valence-corrected chi connectivity index (χ1v) is 11.7. The minimum Gasteiger partial charge on any atom is -0.444 e. The molecular formula is C23H43N5O3. The largest absolute Gasteiger partial charge is 0.444 e. The van der Waals surface area contributed by atoms with Crippen molar-refractivity contribution in [1.29, 1.82) is 0 Å². The van der Waals surface area contributed by atoms with Crippen LogP contribution in [-0.4, -0.2) is 91.1 Å². The fraction of sp³-hybridized carbons (Fsp3) is 0.870. The molecule has 1 saturated carbocycles. The van der Waals surface area contributed by atoms with Crippen LogP contribution >= 0.6 is 0 Å². The molecule has 0 aromatic carbocycles. The van der Waals surface area contributed by atoms with Gasteiger partial charge in [0.1, 0.15) is 12.1 Å². The van der Waals surface area contributed by atoms with E-state index in [0.717, 1.165) is 45.0 Å². The van der Waals surface area contributed by atoms with Crippen LogP contribution in [0.5, 0.6) is 0 Å². The van der Waals surface area contributed by atoms with Crippen LogP contribution in [0.15, 0.2) is 4.99 Å². The zero-order valence-corrected chi connectivity index (χ0v) is 20.6.